The highest BCUT2D eigenvalue weighted by Gasteiger charge is 2.19. The summed E-state index contributed by atoms with van der Waals surface area (Å²) >= 11 is 0. The molecule has 4 rings (SSSR count). The van der Waals surface area contributed by atoms with E-state index in [0.29, 0.717) is 6.54 Å². The van der Waals surface area contributed by atoms with Crippen molar-refractivity contribution < 1.29 is 9.47 Å². The van der Waals surface area contributed by atoms with Crippen molar-refractivity contribution in [3.05, 3.63) is 47.8 Å². The third-order valence-corrected chi connectivity index (χ3v) is 4.16. The van der Waals surface area contributed by atoms with E-state index in [1.54, 1.807) is 0 Å². The summed E-state index contributed by atoms with van der Waals surface area (Å²) in [5.74, 6) is 2.57. The molecule has 5 nitrogen and oxygen atoms in total. The molecule has 0 atom stereocenters. The van der Waals surface area contributed by atoms with Crippen molar-refractivity contribution in [1.29, 1.82) is 0 Å². The molecule has 1 aliphatic rings. The zero-order valence-corrected chi connectivity index (χ0v) is 13.1. The van der Waals surface area contributed by atoms with Gasteiger partial charge in [-0.2, -0.15) is 0 Å². The molecular formula is C18H19N3O2. The first-order valence-corrected chi connectivity index (χ1v) is 7.90. The van der Waals surface area contributed by atoms with Gasteiger partial charge in [-0.05, 0) is 30.7 Å². The molecule has 0 saturated heterocycles. The highest BCUT2D eigenvalue weighted by Crippen LogP contribution is 2.37. The van der Waals surface area contributed by atoms with Crippen LogP contribution in [0.15, 0.2) is 36.4 Å². The van der Waals surface area contributed by atoms with Gasteiger partial charge in [-0.3, -0.25) is 4.57 Å². The average molecular weight is 309 g/mol. The molecule has 1 aromatic heterocycles. The van der Waals surface area contributed by atoms with Crippen LogP contribution in [0.1, 0.15) is 18.3 Å². The number of fused-ring (bicyclic) bond motifs is 2. The lowest BCUT2D eigenvalue weighted by Gasteiger charge is -2.09. The largest absolute Gasteiger partial charge is 0.454 e. The zero-order chi connectivity index (χ0) is 15.8. The van der Waals surface area contributed by atoms with Crippen LogP contribution in [-0.2, 0) is 12.8 Å². The van der Waals surface area contributed by atoms with Crippen molar-refractivity contribution in [3.63, 3.8) is 0 Å². The van der Waals surface area contributed by atoms with Crippen LogP contribution in [0.3, 0.4) is 0 Å². The van der Waals surface area contributed by atoms with Crippen LogP contribution in [0.25, 0.3) is 16.7 Å². The summed E-state index contributed by atoms with van der Waals surface area (Å²) in [6.07, 6.45) is 1.75. The Kier molecular flexibility index (Phi) is 3.42. The lowest BCUT2D eigenvalue weighted by molar-refractivity contribution is 0.174. The van der Waals surface area contributed by atoms with Crippen LogP contribution in [-0.4, -0.2) is 22.9 Å². The minimum atomic E-state index is 0.274. The number of rotatable bonds is 4. The Hall–Kier alpha value is -2.53. The number of aryl methyl sites for hydroxylation is 1. The normalized spacial score (nSPS) is 13.0. The summed E-state index contributed by atoms with van der Waals surface area (Å²) in [6, 6.07) is 12.5. The Morgan fingerprint density at radius 2 is 1.87 bits per heavy atom. The summed E-state index contributed by atoms with van der Waals surface area (Å²) in [5.41, 5.74) is 9.94. The first kappa shape index (κ1) is 14.1. The van der Waals surface area contributed by atoms with Gasteiger partial charge in [0.2, 0.25) is 6.79 Å². The van der Waals surface area contributed by atoms with Gasteiger partial charge in [0.05, 0.1) is 11.0 Å². The average Bonchev–Trinajstić information content (AvgIpc) is 3.16. The lowest BCUT2D eigenvalue weighted by Crippen LogP contribution is -2.03. The molecule has 5 heteroatoms. The van der Waals surface area contributed by atoms with Crippen molar-refractivity contribution in [1.82, 2.24) is 9.55 Å². The molecule has 0 unspecified atom stereocenters. The van der Waals surface area contributed by atoms with Crippen LogP contribution in [0.2, 0.25) is 0 Å². The maximum absolute atomic E-state index is 5.62. The molecule has 0 spiro atoms. The molecule has 23 heavy (non-hydrogen) atoms. The third kappa shape index (κ3) is 2.33. The van der Waals surface area contributed by atoms with E-state index in [9.17, 15) is 0 Å². The highest BCUT2D eigenvalue weighted by molar-refractivity contribution is 5.82. The number of nitrogens with zero attached hydrogens (tertiary/aromatic N) is 2. The van der Waals surface area contributed by atoms with Gasteiger partial charge in [-0.25, -0.2) is 4.98 Å². The number of imidazole rings is 1. The van der Waals surface area contributed by atoms with Gasteiger partial charge >= 0.3 is 0 Å². The minimum Gasteiger partial charge on any atom is -0.454 e. The van der Waals surface area contributed by atoms with E-state index in [0.717, 1.165) is 46.9 Å². The first-order valence-electron chi connectivity index (χ1n) is 7.90. The quantitative estimate of drug-likeness (QED) is 0.805. The van der Waals surface area contributed by atoms with Gasteiger partial charge in [0.15, 0.2) is 11.5 Å². The van der Waals surface area contributed by atoms with Crippen molar-refractivity contribution in [2.24, 2.45) is 5.73 Å². The van der Waals surface area contributed by atoms with Gasteiger partial charge in [0.25, 0.3) is 0 Å². The van der Waals surface area contributed by atoms with Crippen LogP contribution in [0, 0.1) is 0 Å². The third-order valence-electron chi connectivity index (χ3n) is 4.16. The fourth-order valence-corrected chi connectivity index (χ4v) is 3.02. The van der Waals surface area contributed by atoms with Crippen LogP contribution in [0.4, 0.5) is 0 Å². The summed E-state index contributed by atoms with van der Waals surface area (Å²) in [4.78, 5) is 4.75. The number of aromatic nitrogens is 2. The van der Waals surface area contributed by atoms with Gasteiger partial charge in [0, 0.05) is 24.2 Å². The van der Waals surface area contributed by atoms with Gasteiger partial charge in [0.1, 0.15) is 5.82 Å². The number of ether oxygens (including phenoxy) is 2. The summed E-state index contributed by atoms with van der Waals surface area (Å²) < 4.78 is 13.2. The predicted octanol–water partition coefficient (Wildman–Crippen LogP) is 2.82. The second-order valence-corrected chi connectivity index (χ2v) is 5.62. The van der Waals surface area contributed by atoms with Crippen molar-refractivity contribution in [2.45, 2.75) is 19.8 Å². The van der Waals surface area contributed by atoms with Gasteiger partial charge < -0.3 is 15.2 Å². The topological polar surface area (TPSA) is 62.3 Å². The maximum Gasteiger partial charge on any atom is 0.231 e. The SMILES string of the molecule is CCc1nc2cc3c(cc2n1-c1ccc(CCN)cc1)OCO3. The molecule has 0 aliphatic carbocycles. The Morgan fingerprint density at radius 3 is 2.57 bits per heavy atom. The molecular weight excluding hydrogens is 290 g/mol. The van der Waals surface area contributed by atoms with Crippen LogP contribution < -0.4 is 15.2 Å². The van der Waals surface area contributed by atoms with E-state index in [2.05, 4.69) is 35.8 Å². The van der Waals surface area contributed by atoms with E-state index in [4.69, 9.17) is 20.2 Å². The minimum absolute atomic E-state index is 0.274. The first-order chi connectivity index (χ1) is 11.3. The number of benzene rings is 2. The predicted molar refractivity (Wildman–Crippen MR) is 89.3 cm³/mol. The maximum atomic E-state index is 5.62. The summed E-state index contributed by atoms with van der Waals surface area (Å²) in [5, 5.41) is 0. The Morgan fingerprint density at radius 1 is 1.13 bits per heavy atom. The fraction of sp³-hybridized carbons (Fsp3) is 0.278. The molecule has 2 heterocycles. The Balaban J connectivity index is 1.87. The molecule has 0 amide bonds. The fourth-order valence-electron chi connectivity index (χ4n) is 3.02. The van der Waals surface area contributed by atoms with Crippen LogP contribution in [0.5, 0.6) is 11.5 Å². The molecule has 0 saturated carbocycles. The highest BCUT2D eigenvalue weighted by atomic mass is 16.7. The molecule has 118 valence electrons. The van der Waals surface area contributed by atoms with E-state index in [-0.39, 0.29) is 6.79 Å². The summed E-state index contributed by atoms with van der Waals surface area (Å²) in [6.45, 7) is 3.05. The van der Waals surface area contributed by atoms with Crippen molar-refractivity contribution >= 4 is 11.0 Å². The van der Waals surface area contributed by atoms with Gasteiger partial charge in [-0.15, -0.1) is 0 Å². The number of hydrogen-bond donors (Lipinski definition) is 1. The van der Waals surface area contributed by atoms with E-state index in [1.165, 1.54) is 5.56 Å². The van der Waals surface area contributed by atoms with Gasteiger partial charge in [-0.1, -0.05) is 19.1 Å². The van der Waals surface area contributed by atoms with Crippen LogP contribution >= 0.6 is 0 Å². The molecule has 2 N–H and O–H groups in total. The molecule has 1 aliphatic heterocycles. The molecule has 3 aromatic rings. The Labute approximate surface area is 134 Å². The van der Waals surface area contributed by atoms with Crippen molar-refractivity contribution in [3.8, 4) is 17.2 Å². The summed E-state index contributed by atoms with van der Waals surface area (Å²) in [7, 11) is 0. The second-order valence-electron chi connectivity index (χ2n) is 5.62. The standard InChI is InChI=1S/C18H19N3O2/c1-2-18-20-14-9-16-17(23-11-22-16)10-15(14)21(18)13-5-3-12(4-6-13)7-8-19/h3-6,9-10H,2,7-8,11,19H2,1H3. The smallest absolute Gasteiger partial charge is 0.231 e. The second kappa shape index (κ2) is 5.59. The Bertz CT molecular complexity index is 853. The number of hydrogen-bond acceptors (Lipinski definition) is 4. The van der Waals surface area contributed by atoms with E-state index >= 15 is 0 Å². The molecule has 0 fully saturated rings. The number of nitrogens with two attached hydrogens (primary N) is 1. The molecule has 2 aromatic carbocycles. The van der Waals surface area contributed by atoms with Crippen molar-refractivity contribution in [2.75, 3.05) is 13.3 Å². The lowest BCUT2D eigenvalue weighted by atomic mass is 10.1. The zero-order valence-electron chi connectivity index (χ0n) is 13.1. The molecule has 0 radical (unpaired) electrons. The van der Waals surface area contributed by atoms with E-state index in [1.807, 2.05) is 12.1 Å². The monoisotopic (exact) mass is 309 g/mol. The molecule has 0 bridgehead atoms. The van der Waals surface area contributed by atoms with E-state index < -0.39 is 0 Å².